The van der Waals surface area contributed by atoms with Crippen LogP contribution >= 0.6 is 0 Å². The van der Waals surface area contributed by atoms with Gasteiger partial charge in [0, 0.05) is 12.6 Å². The van der Waals surface area contributed by atoms with E-state index in [2.05, 4.69) is 4.90 Å². The summed E-state index contributed by atoms with van der Waals surface area (Å²) in [6.07, 6.45) is 1.93. The highest BCUT2D eigenvalue weighted by Crippen LogP contribution is 2.28. The highest BCUT2D eigenvalue weighted by Gasteiger charge is 2.30. The molecule has 0 saturated heterocycles. The van der Waals surface area contributed by atoms with Gasteiger partial charge < -0.3 is 14.3 Å². The van der Waals surface area contributed by atoms with Gasteiger partial charge in [-0.15, -0.1) is 0 Å². The maximum atomic E-state index is 10.3. The van der Waals surface area contributed by atoms with Crippen LogP contribution in [-0.4, -0.2) is 35.3 Å². The Hall–Kier alpha value is -1.62. The second-order valence-corrected chi connectivity index (χ2v) is 6.33. The Kier molecular flexibility index (Phi) is 5.49. The van der Waals surface area contributed by atoms with Crippen molar-refractivity contribution in [2.45, 2.75) is 45.1 Å². The lowest BCUT2D eigenvalue weighted by Crippen LogP contribution is -2.36. The van der Waals surface area contributed by atoms with Gasteiger partial charge in [0.15, 0.2) is 0 Å². The van der Waals surface area contributed by atoms with Crippen LogP contribution in [0.3, 0.4) is 0 Å². The van der Waals surface area contributed by atoms with Crippen LogP contribution in [0.4, 0.5) is 0 Å². The Morgan fingerprint density at radius 2 is 2.00 bits per heavy atom. The Bertz CT molecular complexity index is 592. The van der Waals surface area contributed by atoms with Crippen LogP contribution in [0.15, 0.2) is 46.9 Å². The van der Waals surface area contributed by atoms with Crippen LogP contribution in [0.5, 0.6) is 0 Å². The zero-order chi connectivity index (χ0) is 16.1. The maximum absolute atomic E-state index is 10.3. The molecular weight excluding hydrogens is 290 g/mol. The normalized spacial score (nSPS) is 16.0. The van der Waals surface area contributed by atoms with Crippen molar-refractivity contribution < 1.29 is 14.3 Å². The van der Waals surface area contributed by atoms with Crippen molar-refractivity contribution in [3.8, 4) is 0 Å². The van der Waals surface area contributed by atoms with Crippen LogP contribution in [0.25, 0.3) is 0 Å². The first-order valence-corrected chi connectivity index (χ1v) is 8.30. The van der Waals surface area contributed by atoms with Crippen LogP contribution in [0, 0.1) is 6.92 Å². The van der Waals surface area contributed by atoms with E-state index in [9.17, 15) is 5.11 Å². The molecule has 23 heavy (non-hydrogen) atoms. The number of ether oxygens (including phenoxy) is 1. The molecule has 1 aliphatic carbocycles. The predicted molar refractivity (Wildman–Crippen MR) is 89.0 cm³/mol. The number of hydrogen-bond acceptors (Lipinski definition) is 4. The summed E-state index contributed by atoms with van der Waals surface area (Å²) in [6, 6.07) is 14.6. The fraction of sp³-hybridized carbons (Fsp3) is 0.474. The van der Waals surface area contributed by atoms with Gasteiger partial charge in [-0.05, 0) is 37.5 Å². The standard InChI is InChI=1S/C19H25NO3/c1-15-7-10-19(23-15)12-20(17-8-9-17)11-18(21)14-22-13-16-5-3-2-4-6-16/h2-7,10,17-18,21H,8-9,11-14H2,1H3/t18-/m1/s1. The molecule has 1 N–H and O–H groups in total. The number of hydrogen-bond donors (Lipinski definition) is 1. The van der Waals surface area contributed by atoms with E-state index in [-0.39, 0.29) is 0 Å². The minimum Gasteiger partial charge on any atom is -0.465 e. The van der Waals surface area contributed by atoms with Crippen LogP contribution in [0.1, 0.15) is 29.9 Å². The molecule has 1 aromatic carbocycles. The molecule has 1 heterocycles. The minimum absolute atomic E-state index is 0.356. The van der Waals surface area contributed by atoms with Crippen molar-refractivity contribution in [1.82, 2.24) is 4.90 Å². The number of aliphatic hydroxyl groups is 1. The lowest BCUT2D eigenvalue weighted by atomic mass is 10.2. The third-order valence-corrected chi connectivity index (χ3v) is 4.09. The smallest absolute Gasteiger partial charge is 0.118 e. The molecule has 124 valence electrons. The average Bonchev–Trinajstić information content (AvgIpc) is 3.31. The summed E-state index contributed by atoms with van der Waals surface area (Å²) in [4.78, 5) is 2.30. The van der Waals surface area contributed by atoms with E-state index in [1.165, 1.54) is 12.8 Å². The van der Waals surface area contributed by atoms with E-state index in [1.54, 1.807) is 0 Å². The lowest BCUT2D eigenvalue weighted by molar-refractivity contribution is 0.00603. The molecule has 4 nitrogen and oxygen atoms in total. The molecule has 1 atom stereocenters. The fourth-order valence-electron chi connectivity index (χ4n) is 2.76. The molecule has 1 aliphatic rings. The molecule has 1 saturated carbocycles. The molecule has 0 spiro atoms. The number of nitrogens with zero attached hydrogens (tertiary/aromatic N) is 1. The summed E-state index contributed by atoms with van der Waals surface area (Å²) in [7, 11) is 0. The number of aliphatic hydroxyl groups excluding tert-OH is 1. The Morgan fingerprint density at radius 1 is 1.22 bits per heavy atom. The maximum Gasteiger partial charge on any atom is 0.118 e. The zero-order valence-corrected chi connectivity index (χ0v) is 13.6. The highest BCUT2D eigenvalue weighted by molar-refractivity contribution is 5.13. The molecule has 3 rings (SSSR count). The van der Waals surface area contributed by atoms with Crippen molar-refractivity contribution in [2.24, 2.45) is 0 Å². The van der Waals surface area contributed by atoms with Crippen LogP contribution in [0.2, 0.25) is 0 Å². The van der Waals surface area contributed by atoms with Gasteiger partial charge in [-0.3, -0.25) is 4.90 Å². The SMILES string of the molecule is Cc1ccc(CN(C[C@@H](O)COCc2ccccc2)C2CC2)o1. The van der Waals surface area contributed by atoms with E-state index in [0.29, 0.717) is 25.8 Å². The molecule has 0 radical (unpaired) electrons. The molecule has 0 bridgehead atoms. The molecule has 2 aromatic rings. The second kappa shape index (κ2) is 7.77. The van der Waals surface area contributed by atoms with Crippen molar-refractivity contribution >= 4 is 0 Å². The number of furan rings is 1. The van der Waals surface area contributed by atoms with Gasteiger partial charge in [0.05, 0.1) is 25.9 Å². The minimum atomic E-state index is -0.477. The second-order valence-electron chi connectivity index (χ2n) is 6.33. The monoisotopic (exact) mass is 315 g/mol. The van der Waals surface area contributed by atoms with Gasteiger partial charge >= 0.3 is 0 Å². The molecule has 0 unspecified atom stereocenters. The van der Waals surface area contributed by atoms with Crippen molar-refractivity contribution in [2.75, 3.05) is 13.2 Å². The summed E-state index contributed by atoms with van der Waals surface area (Å²) in [5.41, 5.74) is 1.13. The third kappa shape index (κ3) is 5.20. The van der Waals surface area contributed by atoms with E-state index in [1.807, 2.05) is 49.4 Å². The molecule has 4 heteroatoms. The molecule has 0 amide bonds. The van der Waals surface area contributed by atoms with Crippen molar-refractivity contribution in [1.29, 1.82) is 0 Å². The van der Waals surface area contributed by atoms with Gasteiger partial charge in [-0.2, -0.15) is 0 Å². The Balaban J connectivity index is 1.44. The predicted octanol–water partition coefficient (Wildman–Crippen LogP) is 3.13. The zero-order valence-electron chi connectivity index (χ0n) is 13.6. The van der Waals surface area contributed by atoms with Gasteiger partial charge in [0.2, 0.25) is 0 Å². The van der Waals surface area contributed by atoms with Gasteiger partial charge in [0.25, 0.3) is 0 Å². The quantitative estimate of drug-likeness (QED) is 0.772. The summed E-state index contributed by atoms with van der Waals surface area (Å²) < 4.78 is 11.3. The van der Waals surface area contributed by atoms with Crippen LogP contribution < -0.4 is 0 Å². The van der Waals surface area contributed by atoms with Crippen molar-refractivity contribution in [3.63, 3.8) is 0 Å². The van der Waals surface area contributed by atoms with Gasteiger partial charge in [-0.25, -0.2) is 0 Å². The molecule has 1 fully saturated rings. The third-order valence-electron chi connectivity index (χ3n) is 4.09. The number of rotatable bonds is 9. The number of aryl methyl sites for hydroxylation is 1. The molecule has 0 aliphatic heterocycles. The van der Waals surface area contributed by atoms with Crippen molar-refractivity contribution in [3.05, 3.63) is 59.5 Å². The molecular formula is C19H25NO3. The first-order valence-electron chi connectivity index (χ1n) is 8.30. The number of benzene rings is 1. The highest BCUT2D eigenvalue weighted by atomic mass is 16.5. The summed E-state index contributed by atoms with van der Waals surface area (Å²) in [5.74, 6) is 1.90. The summed E-state index contributed by atoms with van der Waals surface area (Å²) in [5, 5.41) is 10.3. The largest absolute Gasteiger partial charge is 0.465 e. The summed E-state index contributed by atoms with van der Waals surface area (Å²) >= 11 is 0. The van der Waals surface area contributed by atoms with Gasteiger partial charge in [-0.1, -0.05) is 30.3 Å². The van der Waals surface area contributed by atoms with Crippen LogP contribution in [-0.2, 0) is 17.9 Å². The first-order chi connectivity index (χ1) is 11.2. The van der Waals surface area contributed by atoms with E-state index in [0.717, 1.165) is 23.6 Å². The fourth-order valence-corrected chi connectivity index (χ4v) is 2.76. The van der Waals surface area contributed by atoms with Gasteiger partial charge in [0.1, 0.15) is 11.5 Å². The molecule has 1 aromatic heterocycles. The van der Waals surface area contributed by atoms with E-state index < -0.39 is 6.10 Å². The topological polar surface area (TPSA) is 45.8 Å². The Morgan fingerprint density at radius 3 is 2.65 bits per heavy atom. The average molecular weight is 315 g/mol. The summed E-state index contributed by atoms with van der Waals surface area (Å²) in [6.45, 7) is 4.23. The van der Waals surface area contributed by atoms with E-state index >= 15 is 0 Å². The van der Waals surface area contributed by atoms with E-state index in [4.69, 9.17) is 9.15 Å². The Labute approximate surface area is 137 Å². The first kappa shape index (κ1) is 16.2. The lowest BCUT2D eigenvalue weighted by Gasteiger charge is -2.24.